The van der Waals surface area contributed by atoms with Crippen molar-refractivity contribution in [3.05, 3.63) is 29.5 Å². The van der Waals surface area contributed by atoms with Gasteiger partial charge in [-0.3, -0.25) is 0 Å². The van der Waals surface area contributed by atoms with Crippen LogP contribution in [0, 0.1) is 11.1 Å². The molecular weight excluding hydrogens is 554 g/mol. The zero-order valence-corrected chi connectivity index (χ0v) is 31.1. The molecule has 0 aromatic heterocycles. The molecule has 178 valence electrons. The molecule has 0 bridgehead atoms. The maximum absolute atomic E-state index is 4.03. The predicted molar refractivity (Wildman–Crippen MR) is 165 cm³/mol. The van der Waals surface area contributed by atoms with Crippen molar-refractivity contribution < 1.29 is 0 Å². The summed E-state index contributed by atoms with van der Waals surface area (Å²) in [7, 11) is -6.51. The minimum atomic E-state index is -2.22. The molecule has 0 fully saturated rings. The summed E-state index contributed by atoms with van der Waals surface area (Å²) < 4.78 is 2.06. The van der Waals surface area contributed by atoms with Crippen LogP contribution in [0.1, 0.15) is 27.2 Å². The maximum atomic E-state index is 4.03. The van der Waals surface area contributed by atoms with Gasteiger partial charge in [-0.1, -0.05) is 0 Å². The van der Waals surface area contributed by atoms with Crippen molar-refractivity contribution in [3.8, 4) is 11.1 Å². The number of allylic oxidation sites excluding steroid dienone is 3. The summed E-state index contributed by atoms with van der Waals surface area (Å²) in [5, 5.41) is 0. The van der Waals surface area contributed by atoms with Gasteiger partial charge >= 0.3 is 212 Å². The molecule has 0 radical (unpaired) electrons. The zero-order valence-electron chi connectivity index (χ0n) is 24.2. The van der Waals surface area contributed by atoms with E-state index in [0.717, 1.165) is 0 Å². The molecular formula is C26H51BSi4Sn. The van der Waals surface area contributed by atoms with Crippen LogP contribution in [-0.2, 0) is 0 Å². The van der Waals surface area contributed by atoms with Crippen molar-refractivity contribution in [2.45, 2.75) is 114 Å². The molecule has 32 heavy (non-hydrogen) atoms. The molecule has 2 aliphatic heterocycles. The second kappa shape index (κ2) is 9.19. The molecule has 2 rings (SSSR count). The standard InChI is InChI=1S/C23H42BSi4.3CH3.Sn/c1-13-19-18-27(9,10)22-20(19)21(24(14-2)15-3)23(28(22,11)12)26(7,8)17-16-25(4,5)6;;;;/h13-15H2,1-12H3;3*1H3;. The van der Waals surface area contributed by atoms with Gasteiger partial charge in [-0.15, -0.1) is 0 Å². The minimum absolute atomic E-state index is 0.714. The third kappa shape index (κ3) is 4.92. The van der Waals surface area contributed by atoms with Crippen molar-refractivity contribution in [1.29, 1.82) is 0 Å². The van der Waals surface area contributed by atoms with E-state index in [0.29, 0.717) is 6.71 Å². The first-order valence-electron chi connectivity index (χ1n) is 13.1. The molecule has 0 spiro atoms. The van der Waals surface area contributed by atoms with Crippen LogP contribution < -0.4 is 0 Å². The van der Waals surface area contributed by atoms with Gasteiger partial charge in [0.25, 0.3) is 0 Å². The van der Waals surface area contributed by atoms with Crippen molar-refractivity contribution in [2.24, 2.45) is 0 Å². The molecule has 0 unspecified atom stereocenters. The summed E-state index contributed by atoms with van der Waals surface area (Å²) in [6.07, 6.45) is 3.79. The molecule has 0 aliphatic carbocycles. The molecule has 0 aromatic rings. The fourth-order valence-corrected chi connectivity index (χ4v) is 53.4. The summed E-state index contributed by atoms with van der Waals surface area (Å²) in [4.78, 5) is 12.0. The third-order valence-electron chi connectivity index (χ3n) is 7.76. The van der Waals surface area contributed by atoms with Gasteiger partial charge in [0.1, 0.15) is 0 Å². The van der Waals surface area contributed by atoms with Crippen molar-refractivity contribution in [1.82, 2.24) is 0 Å². The second-order valence-electron chi connectivity index (χ2n) is 13.9. The number of rotatable bonds is 6. The number of hydrogen-bond donors (Lipinski definition) is 0. The van der Waals surface area contributed by atoms with Crippen LogP contribution in [-0.4, -0.2) is 57.4 Å². The molecule has 0 N–H and O–H groups in total. The van der Waals surface area contributed by atoms with Crippen LogP contribution in [0.2, 0.25) is 86.4 Å². The molecule has 0 saturated carbocycles. The van der Waals surface area contributed by atoms with Gasteiger partial charge in [-0.2, -0.15) is 0 Å². The molecule has 2 aliphatic rings. The summed E-state index contributed by atoms with van der Waals surface area (Å²) >= 11 is -2.22. The Bertz CT molecular complexity index is 937. The van der Waals surface area contributed by atoms with Crippen molar-refractivity contribution >= 4 is 57.4 Å². The van der Waals surface area contributed by atoms with Gasteiger partial charge in [0.15, 0.2) is 0 Å². The quantitative estimate of drug-likeness (QED) is 0.210. The van der Waals surface area contributed by atoms with E-state index in [9.17, 15) is 0 Å². The fraction of sp³-hybridized carbons (Fsp3) is 0.692. The summed E-state index contributed by atoms with van der Waals surface area (Å²) in [6.45, 7) is 31.4. The molecule has 0 aromatic carbocycles. The Labute approximate surface area is 210 Å². The summed E-state index contributed by atoms with van der Waals surface area (Å²) in [6, 6.07) is 0. The van der Waals surface area contributed by atoms with E-state index in [1.54, 1.807) is 0 Å². The molecule has 6 heteroatoms. The Kier molecular flexibility index (Phi) is 8.25. The van der Waals surface area contributed by atoms with Gasteiger partial charge in [-0.25, -0.2) is 0 Å². The van der Waals surface area contributed by atoms with Gasteiger partial charge in [0.05, 0.1) is 0 Å². The SMILES string of the molecule is CCB(CC)C1=C([Si](C)(C)C#C[Si](C)(C)C)[Si](C)(C)C2=C1C(CC)=[C]([Sn]([CH3])([CH3])[CH3])[Si]2(C)C. The van der Waals surface area contributed by atoms with E-state index in [2.05, 4.69) is 109 Å². The van der Waals surface area contributed by atoms with E-state index < -0.39 is 50.7 Å². The zero-order chi connectivity index (χ0) is 25.1. The molecule has 0 saturated heterocycles. The Morgan fingerprint density at radius 3 is 1.69 bits per heavy atom. The average molecular weight is 606 g/mol. The van der Waals surface area contributed by atoms with E-state index in [1.807, 2.05) is 26.3 Å². The van der Waals surface area contributed by atoms with Crippen molar-refractivity contribution in [3.63, 3.8) is 0 Å². The first-order valence-corrected chi connectivity index (χ1v) is 35.6. The normalized spacial score (nSPS) is 20.6. The van der Waals surface area contributed by atoms with Crippen LogP contribution in [0.5, 0.6) is 0 Å². The van der Waals surface area contributed by atoms with Gasteiger partial charge in [0.2, 0.25) is 0 Å². The van der Waals surface area contributed by atoms with E-state index in [1.165, 1.54) is 19.1 Å². The van der Waals surface area contributed by atoms with Crippen molar-refractivity contribution in [2.75, 3.05) is 0 Å². The number of hydrogen-bond acceptors (Lipinski definition) is 0. The first kappa shape index (κ1) is 28.7. The van der Waals surface area contributed by atoms with Gasteiger partial charge < -0.3 is 0 Å². The Balaban J connectivity index is 3.01. The van der Waals surface area contributed by atoms with E-state index in [4.69, 9.17) is 0 Å². The average Bonchev–Trinajstić information content (AvgIpc) is 3.00. The topological polar surface area (TPSA) is 0 Å². The van der Waals surface area contributed by atoms with E-state index >= 15 is 0 Å². The fourth-order valence-electron chi connectivity index (χ4n) is 7.44. The Morgan fingerprint density at radius 2 is 1.31 bits per heavy atom. The predicted octanol–water partition coefficient (Wildman–Crippen LogP) is 8.51. The molecule has 0 amide bonds. The first-order chi connectivity index (χ1) is 14.3. The van der Waals surface area contributed by atoms with Crippen LogP contribution >= 0.6 is 0 Å². The Hall–Kier alpha value is 0.511. The van der Waals surface area contributed by atoms with Gasteiger partial charge in [0, 0.05) is 0 Å². The second-order valence-corrected chi connectivity index (χ2v) is 47.8. The molecule has 0 nitrogen and oxygen atoms in total. The van der Waals surface area contributed by atoms with Crippen LogP contribution in [0.3, 0.4) is 0 Å². The monoisotopic (exact) mass is 606 g/mol. The van der Waals surface area contributed by atoms with E-state index in [-0.39, 0.29) is 0 Å². The summed E-state index contributed by atoms with van der Waals surface area (Å²) in [5.41, 5.74) is 13.4. The Morgan fingerprint density at radius 1 is 0.812 bits per heavy atom. The molecule has 2 heterocycles. The molecule has 0 atom stereocenters. The van der Waals surface area contributed by atoms with Gasteiger partial charge in [-0.05, 0) is 0 Å². The third-order valence-corrected chi connectivity index (χ3v) is 40.3. The van der Waals surface area contributed by atoms with Crippen LogP contribution in [0.15, 0.2) is 29.5 Å². The van der Waals surface area contributed by atoms with Crippen LogP contribution in [0.4, 0.5) is 0 Å². The van der Waals surface area contributed by atoms with Crippen LogP contribution in [0.25, 0.3) is 0 Å². The summed E-state index contributed by atoms with van der Waals surface area (Å²) in [5.74, 6) is 0.